The Morgan fingerprint density at radius 2 is 1.68 bits per heavy atom. The number of halogens is 2. The Bertz CT molecular complexity index is 553. The molecule has 0 saturated heterocycles. The Morgan fingerprint density at radius 1 is 1.05 bits per heavy atom. The Labute approximate surface area is 123 Å². The summed E-state index contributed by atoms with van der Waals surface area (Å²) in [5, 5.41) is 1.36. The van der Waals surface area contributed by atoms with E-state index >= 15 is 0 Å². The predicted molar refractivity (Wildman–Crippen MR) is 80.3 cm³/mol. The molecule has 0 aliphatic rings. The van der Waals surface area contributed by atoms with Crippen molar-refractivity contribution in [3.63, 3.8) is 0 Å². The van der Waals surface area contributed by atoms with Crippen molar-refractivity contribution in [2.24, 2.45) is 5.73 Å². The Hall–Kier alpha value is -1.22. The van der Waals surface area contributed by atoms with Gasteiger partial charge in [0.25, 0.3) is 0 Å². The molecule has 2 N–H and O–H groups in total. The van der Waals surface area contributed by atoms with Crippen LogP contribution in [-0.2, 0) is 6.42 Å². The van der Waals surface area contributed by atoms with E-state index in [0.717, 1.165) is 17.1 Å². The van der Waals surface area contributed by atoms with Crippen LogP contribution in [0.1, 0.15) is 12.5 Å². The van der Waals surface area contributed by atoms with E-state index in [1.807, 2.05) is 31.2 Å². The fourth-order valence-electron chi connectivity index (χ4n) is 1.78. The van der Waals surface area contributed by atoms with Crippen LogP contribution in [0.15, 0.2) is 42.5 Å². The molecule has 0 aliphatic carbocycles. The lowest BCUT2D eigenvalue weighted by atomic mass is 10.1. The summed E-state index contributed by atoms with van der Waals surface area (Å²) in [5.74, 6) is 1.50. The van der Waals surface area contributed by atoms with Crippen molar-refractivity contribution < 1.29 is 4.74 Å². The first-order valence-electron chi connectivity index (χ1n) is 6.02. The molecule has 0 aliphatic heterocycles. The summed E-state index contributed by atoms with van der Waals surface area (Å²) < 4.78 is 5.85. The SMILES string of the molecule is CC(N)Cc1cc(Cl)ccc1Oc1ccc(Cl)cc1. The van der Waals surface area contributed by atoms with Crippen molar-refractivity contribution in [3.8, 4) is 11.5 Å². The van der Waals surface area contributed by atoms with Gasteiger partial charge >= 0.3 is 0 Å². The molecule has 2 rings (SSSR count). The second-order valence-corrected chi connectivity index (χ2v) is 5.36. The lowest BCUT2D eigenvalue weighted by Gasteiger charge is -2.13. The van der Waals surface area contributed by atoms with Gasteiger partial charge in [-0.05, 0) is 61.4 Å². The van der Waals surface area contributed by atoms with Gasteiger partial charge in [-0.2, -0.15) is 0 Å². The zero-order valence-electron chi connectivity index (χ0n) is 10.6. The van der Waals surface area contributed by atoms with Crippen LogP contribution in [0.25, 0.3) is 0 Å². The zero-order chi connectivity index (χ0) is 13.8. The first kappa shape index (κ1) is 14.2. The second-order valence-electron chi connectivity index (χ2n) is 4.49. The molecular weight excluding hydrogens is 281 g/mol. The van der Waals surface area contributed by atoms with Crippen LogP contribution in [-0.4, -0.2) is 6.04 Å². The summed E-state index contributed by atoms with van der Waals surface area (Å²) in [4.78, 5) is 0. The van der Waals surface area contributed by atoms with Crippen molar-refractivity contribution in [1.82, 2.24) is 0 Å². The van der Waals surface area contributed by atoms with E-state index in [4.69, 9.17) is 33.7 Å². The van der Waals surface area contributed by atoms with E-state index in [9.17, 15) is 0 Å². The largest absolute Gasteiger partial charge is 0.457 e. The summed E-state index contributed by atoms with van der Waals surface area (Å²) in [7, 11) is 0. The molecule has 2 aromatic rings. The molecule has 0 heterocycles. The van der Waals surface area contributed by atoms with Gasteiger partial charge < -0.3 is 10.5 Å². The van der Waals surface area contributed by atoms with Crippen LogP contribution in [0.2, 0.25) is 10.0 Å². The molecule has 2 nitrogen and oxygen atoms in total. The topological polar surface area (TPSA) is 35.2 Å². The van der Waals surface area contributed by atoms with Gasteiger partial charge in [-0.15, -0.1) is 0 Å². The van der Waals surface area contributed by atoms with E-state index in [0.29, 0.717) is 16.5 Å². The summed E-state index contributed by atoms with van der Waals surface area (Å²) in [6.45, 7) is 1.95. The van der Waals surface area contributed by atoms with Crippen molar-refractivity contribution in [3.05, 3.63) is 58.1 Å². The third-order valence-corrected chi connectivity index (χ3v) is 3.09. The smallest absolute Gasteiger partial charge is 0.130 e. The normalized spacial score (nSPS) is 12.2. The third-order valence-electron chi connectivity index (χ3n) is 2.61. The summed E-state index contributed by atoms with van der Waals surface area (Å²) in [6.07, 6.45) is 0.712. The van der Waals surface area contributed by atoms with E-state index < -0.39 is 0 Å². The highest BCUT2D eigenvalue weighted by molar-refractivity contribution is 6.30. The Kier molecular flexibility index (Phi) is 4.70. The average molecular weight is 296 g/mol. The number of hydrogen-bond donors (Lipinski definition) is 1. The Balaban J connectivity index is 2.26. The van der Waals surface area contributed by atoms with Crippen molar-refractivity contribution >= 4 is 23.2 Å². The molecule has 0 saturated carbocycles. The molecule has 0 aromatic heterocycles. The number of benzene rings is 2. The summed E-state index contributed by atoms with van der Waals surface area (Å²) in [5.41, 5.74) is 6.84. The highest BCUT2D eigenvalue weighted by atomic mass is 35.5. The van der Waals surface area contributed by atoms with Crippen molar-refractivity contribution in [2.75, 3.05) is 0 Å². The molecule has 2 aromatic carbocycles. The van der Waals surface area contributed by atoms with Gasteiger partial charge in [-0.25, -0.2) is 0 Å². The van der Waals surface area contributed by atoms with E-state index in [2.05, 4.69) is 0 Å². The zero-order valence-corrected chi connectivity index (χ0v) is 12.1. The number of nitrogens with two attached hydrogens (primary N) is 1. The molecule has 0 bridgehead atoms. The van der Waals surface area contributed by atoms with Gasteiger partial charge in [-0.3, -0.25) is 0 Å². The first-order chi connectivity index (χ1) is 9.04. The predicted octanol–water partition coefficient (Wildman–Crippen LogP) is 4.68. The van der Waals surface area contributed by atoms with Crippen LogP contribution in [0, 0.1) is 0 Å². The maximum Gasteiger partial charge on any atom is 0.130 e. The van der Waals surface area contributed by atoms with Crippen LogP contribution >= 0.6 is 23.2 Å². The third kappa shape index (κ3) is 4.13. The highest BCUT2D eigenvalue weighted by Gasteiger charge is 2.08. The van der Waals surface area contributed by atoms with Gasteiger partial charge in [0.05, 0.1) is 0 Å². The number of rotatable bonds is 4. The fourth-order valence-corrected chi connectivity index (χ4v) is 2.10. The lowest BCUT2D eigenvalue weighted by Crippen LogP contribution is -2.18. The van der Waals surface area contributed by atoms with E-state index in [-0.39, 0.29) is 6.04 Å². The van der Waals surface area contributed by atoms with Gasteiger partial charge in [0.1, 0.15) is 11.5 Å². The minimum absolute atomic E-state index is 0.0473. The van der Waals surface area contributed by atoms with E-state index in [1.54, 1.807) is 18.2 Å². The van der Waals surface area contributed by atoms with Gasteiger partial charge in [0.15, 0.2) is 0 Å². The maximum absolute atomic E-state index is 6.01. The van der Waals surface area contributed by atoms with Crippen LogP contribution in [0.4, 0.5) is 0 Å². The Morgan fingerprint density at radius 3 is 2.32 bits per heavy atom. The van der Waals surface area contributed by atoms with Crippen LogP contribution < -0.4 is 10.5 Å². The minimum Gasteiger partial charge on any atom is -0.457 e. The highest BCUT2D eigenvalue weighted by Crippen LogP contribution is 2.29. The van der Waals surface area contributed by atoms with Crippen LogP contribution in [0.5, 0.6) is 11.5 Å². The quantitative estimate of drug-likeness (QED) is 0.889. The van der Waals surface area contributed by atoms with Gasteiger partial charge in [0, 0.05) is 16.1 Å². The average Bonchev–Trinajstić information content (AvgIpc) is 2.34. The number of hydrogen-bond acceptors (Lipinski definition) is 2. The maximum atomic E-state index is 6.01. The van der Waals surface area contributed by atoms with Gasteiger partial charge in [-0.1, -0.05) is 23.2 Å². The molecule has 0 spiro atoms. The van der Waals surface area contributed by atoms with E-state index in [1.165, 1.54) is 0 Å². The number of ether oxygens (including phenoxy) is 1. The monoisotopic (exact) mass is 295 g/mol. The minimum atomic E-state index is 0.0473. The molecule has 19 heavy (non-hydrogen) atoms. The van der Waals surface area contributed by atoms with Crippen molar-refractivity contribution in [1.29, 1.82) is 0 Å². The molecule has 1 unspecified atom stereocenters. The first-order valence-corrected chi connectivity index (χ1v) is 6.77. The van der Waals surface area contributed by atoms with Gasteiger partial charge in [0.2, 0.25) is 0 Å². The fraction of sp³-hybridized carbons (Fsp3) is 0.200. The van der Waals surface area contributed by atoms with Crippen LogP contribution in [0.3, 0.4) is 0 Å². The van der Waals surface area contributed by atoms with Crippen molar-refractivity contribution in [2.45, 2.75) is 19.4 Å². The molecular formula is C15H15Cl2NO. The lowest BCUT2D eigenvalue weighted by molar-refractivity contribution is 0.474. The standard InChI is InChI=1S/C15H15Cl2NO/c1-10(18)8-11-9-13(17)4-7-15(11)19-14-5-2-12(16)3-6-14/h2-7,9-10H,8,18H2,1H3. The second kappa shape index (κ2) is 6.29. The summed E-state index contributed by atoms with van der Waals surface area (Å²) >= 11 is 11.9. The molecule has 0 fully saturated rings. The summed E-state index contributed by atoms with van der Waals surface area (Å²) in [6, 6.07) is 12.8. The molecule has 4 heteroatoms. The molecule has 0 radical (unpaired) electrons. The molecule has 1 atom stereocenters. The molecule has 100 valence electrons. The molecule has 0 amide bonds.